The van der Waals surface area contributed by atoms with Crippen LogP contribution in [0.5, 0.6) is 0 Å². The molecule has 4 heteroatoms. The molecule has 1 aromatic carbocycles. The SMILES string of the molecule is OC(Cc1ccc(F)c(F)c1)c1cc2c(s1)CCCCC2. The summed E-state index contributed by atoms with van der Waals surface area (Å²) in [5.41, 5.74) is 1.97. The summed E-state index contributed by atoms with van der Waals surface area (Å²) in [4.78, 5) is 2.32. The van der Waals surface area contributed by atoms with E-state index >= 15 is 0 Å². The lowest BCUT2D eigenvalue weighted by molar-refractivity contribution is 0.182. The Labute approximate surface area is 127 Å². The van der Waals surface area contributed by atoms with E-state index in [9.17, 15) is 13.9 Å². The number of rotatable bonds is 3. The second-order valence-electron chi connectivity index (χ2n) is 5.63. The van der Waals surface area contributed by atoms with Crippen LogP contribution in [0, 0.1) is 11.6 Å². The molecule has 0 saturated heterocycles. The van der Waals surface area contributed by atoms with Crippen LogP contribution >= 0.6 is 11.3 Å². The van der Waals surface area contributed by atoms with Crippen molar-refractivity contribution in [2.75, 3.05) is 0 Å². The highest BCUT2D eigenvalue weighted by atomic mass is 32.1. The summed E-state index contributed by atoms with van der Waals surface area (Å²) in [5.74, 6) is -1.71. The van der Waals surface area contributed by atoms with E-state index in [2.05, 4.69) is 6.07 Å². The molecule has 1 aliphatic rings. The number of hydrogen-bond acceptors (Lipinski definition) is 2. The first-order valence-electron chi connectivity index (χ1n) is 7.37. The molecular weight excluding hydrogens is 290 g/mol. The van der Waals surface area contributed by atoms with E-state index in [-0.39, 0.29) is 0 Å². The van der Waals surface area contributed by atoms with Gasteiger partial charge in [0.15, 0.2) is 11.6 Å². The molecule has 21 heavy (non-hydrogen) atoms. The van der Waals surface area contributed by atoms with E-state index in [0.29, 0.717) is 12.0 Å². The van der Waals surface area contributed by atoms with Crippen molar-refractivity contribution in [2.24, 2.45) is 0 Å². The van der Waals surface area contributed by atoms with Crippen molar-refractivity contribution in [3.05, 3.63) is 56.8 Å². The molecule has 1 atom stereocenters. The van der Waals surface area contributed by atoms with Crippen LogP contribution in [0.2, 0.25) is 0 Å². The van der Waals surface area contributed by atoms with Crippen LogP contribution in [-0.2, 0) is 19.3 Å². The predicted molar refractivity (Wildman–Crippen MR) is 80.6 cm³/mol. The minimum absolute atomic E-state index is 0.316. The third kappa shape index (κ3) is 3.33. The summed E-state index contributed by atoms with van der Waals surface area (Å²) >= 11 is 1.67. The lowest BCUT2D eigenvalue weighted by Crippen LogP contribution is -2.00. The molecule has 112 valence electrons. The largest absolute Gasteiger partial charge is 0.387 e. The smallest absolute Gasteiger partial charge is 0.159 e. The first-order chi connectivity index (χ1) is 10.1. The molecule has 1 aliphatic carbocycles. The molecule has 1 nitrogen and oxygen atoms in total. The van der Waals surface area contributed by atoms with Gasteiger partial charge in [0.2, 0.25) is 0 Å². The maximum Gasteiger partial charge on any atom is 0.159 e. The highest BCUT2D eigenvalue weighted by Gasteiger charge is 2.17. The molecule has 1 N–H and O–H groups in total. The molecule has 1 aromatic heterocycles. The number of aryl methyl sites for hydroxylation is 2. The van der Waals surface area contributed by atoms with Crippen LogP contribution in [0.4, 0.5) is 8.78 Å². The van der Waals surface area contributed by atoms with Crippen molar-refractivity contribution < 1.29 is 13.9 Å². The van der Waals surface area contributed by atoms with Crippen LogP contribution in [0.15, 0.2) is 24.3 Å². The Hall–Kier alpha value is -1.26. The number of thiophene rings is 1. The average Bonchev–Trinajstić information content (AvgIpc) is 2.74. The summed E-state index contributed by atoms with van der Waals surface area (Å²) in [6, 6.07) is 5.90. The van der Waals surface area contributed by atoms with Crippen molar-refractivity contribution >= 4 is 11.3 Å². The van der Waals surface area contributed by atoms with Crippen LogP contribution in [0.1, 0.15) is 46.2 Å². The van der Waals surface area contributed by atoms with Gasteiger partial charge in [0.05, 0.1) is 6.10 Å². The summed E-state index contributed by atoms with van der Waals surface area (Å²) in [7, 11) is 0. The number of aliphatic hydroxyl groups is 1. The molecule has 0 bridgehead atoms. The third-order valence-electron chi connectivity index (χ3n) is 4.01. The molecule has 0 spiro atoms. The van der Waals surface area contributed by atoms with Gasteiger partial charge in [-0.2, -0.15) is 0 Å². The van der Waals surface area contributed by atoms with Crippen LogP contribution in [0.25, 0.3) is 0 Å². The Bertz CT molecular complexity index is 612. The fourth-order valence-corrected chi connectivity index (χ4v) is 4.09. The van der Waals surface area contributed by atoms with Gasteiger partial charge in [-0.25, -0.2) is 8.78 Å². The van der Waals surface area contributed by atoms with Crippen molar-refractivity contribution in [1.82, 2.24) is 0 Å². The number of aliphatic hydroxyl groups excluding tert-OH is 1. The molecule has 2 aromatic rings. The first-order valence-corrected chi connectivity index (χ1v) is 8.18. The Kier molecular flexibility index (Phi) is 4.36. The van der Waals surface area contributed by atoms with Gasteiger partial charge in [-0.15, -0.1) is 11.3 Å². The Morgan fingerprint density at radius 1 is 1.05 bits per heavy atom. The minimum atomic E-state index is -0.860. The van der Waals surface area contributed by atoms with E-state index in [1.54, 1.807) is 11.3 Å². The number of halogens is 2. The van der Waals surface area contributed by atoms with E-state index in [4.69, 9.17) is 0 Å². The van der Waals surface area contributed by atoms with Crippen molar-refractivity contribution in [3.8, 4) is 0 Å². The number of hydrogen-bond donors (Lipinski definition) is 1. The van der Waals surface area contributed by atoms with Gasteiger partial charge in [0.25, 0.3) is 0 Å². The maximum absolute atomic E-state index is 13.2. The van der Waals surface area contributed by atoms with Gasteiger partial charge < -0.3 is 5.11 Å². The summed E-state index contributed by atoms with van der Waals surface area (Å²) < 4.78 is 26.1. The van der Waals surface area contributed by atoms with E-state index in [0.717, 1.165) is 29.9 Å². The standard InChI is InChI=1S/C17H18F2OS/c18-13-7-6-11(8-14(13)19)9-15(20)17-10-12-4-2-1-3-5-16(12)21-17/h6-8,10,15,20H,1-5,9H2. The molecule has 0 fully saturated rings. The van der Waals surface area contributed by atoms with Crippen molar-refractivity contribution in [3.63, 3.8) is 0 Å². The second-order valence-corrected chi connectivity index (χ2v) is 6.79. The Morgan fingerprint density at radius 3 is 2.67 bits per heavy atom. The first kappa shape index (κ1) is 14.7. The van der Waals surface area contributed by atoms with Crippen molar-refractivity contribution in [2.45, 2.75) is 44.6 Å². The third-order valence-corrected chi connectivity index (χ3v) is 5.35. The maximum atomic E-state index is 13.2. The molecule has 0 amide bonds. The minimum Gasteiger partial charge on any atom is -0.387 e. The normalized spacial score (nSPS) is 16.3. The molecule has 0 aliphatic heterocycles. The number of benzene rings is 1. The number of fused-ring (bicyclic) bond motifs is 1. The molecule has 1 heterocycles. The van der Waals surface area contributed by atoms with Crippen LogP contribution < -0.4 is 0 Å². The van der Waals surface area contributed by atoms with Gasteiger partial charge in [-0.1, -0.05) is 12.5 Å². The predicted octanol–water partition coefficient (Wildman–Crippen LogP) is 4.57. The summed E-state index contributed by atoms with van der Waals surface area (Å²) in [6.07, 6.45) is 5.55. The Balaban J connectivity index is 1.75. The summed E-state index contributed by atoms with van der Waals surface area (Å²) in [6.45, 7) is 0. The zero-order chi connectivity index (χ0) is 14.8. The highest BCUT2D eigenvalue weighted by Crippen LogP contribution is 2.33. The molecule has 0 saturated carbocycles. The topological polar surface area (TPSA) is 20.2 Å². The quantitative estimate of drug-likeness (QED) is 0.823. The lowest BCUT2D eigenvalue weighted by Gasteiger charge is -2.09. The molecule has 1 unspecified atom stereocenters. The van der Waals surface area contributed by atoms with E-state index < -0.39 is 17.7 Å². The van der Waals surface area contributed by atoms with Crippen LogP contribution in [0.3, 0.4) is 0 Å². The van der Waals surface area contributed by atoms with Gasteiger partial charge in [0.1, 0.15) is 0 Å². The lowest BCUT2D eigenvalue weighted by atomic mass is 10.1. The zero-order valence-corrected chi connectivity index (χ0v) is 12.6. The highest BCUT2D eigenvalue weighted by molar-refractivity contribution is 7.12. The van der Waals surface area contributed by atoms with E-state index in [1.165, 1.54) is 35.8 Å². The van der Waals surface area contributed by atoms with Gasteiger partial charge in [-0.3, -0.25) is 0 Å². The van der Waals surface area contributed by atoms with Crippen LogP contribution in [-0.4, -0.2) is 5.11 Å². The fraction of sp³-hybridized carbons (Fsp3) is 0.412. The fourth-order valence-electron chi connectivity index (χ4n) is 2.85. The van der Waals surface area contributed by atoms with Gasteiger partial charge in [0, 0.05) is 16.2 Å². The Morgan fingerprint density at radius 2 is 1.86 bits per heavy atom. The van der Waals surface area contributed by atoms with Crippen molar-refractivity contribution in [1.29, 1.82) is 0 Å². The molecular formula is C17H18F2OS. The summed E-state index contributed by atoms with van der Waals surface area (Å²) in [5, 5.41) is 10.3. The average molecular weight is 308 g/mol. The molecule has 3 rings (SSSR count). The van der Waals surface area contributed by atoms with E-state index in [1.807, 2.05) is 0 Å². The molecule has 0 radical (unpaired) electrons. The van der Waals surface area contributed by atoms with Gasteiger partial charge >= 0.3 is 0 Å². The monoisotopic (exact) mass is 308 g/mol. The second kappa shape index (κ2) is 6.24. The zero-order valence-electron chi connectivity index (χ0n) is 11.7. The van der Waals surface area contributed by atoms with Gasteiger partial charge in [-0.05, 0) is 55.0 Å².